The molecule has 7 nitrogen and oxygen atoms in total. The molecule has 2 aromatic heterocycles. The van der Waals surface area contributed by atoms with E-state index in [4.69, 9.17) is 4.74 Å². The van der Waals surface area contributed by atoms with Crippen LogP contribution in [0.15, 0.2) is 30.3 Å². The SMILES string of the molecule is CCN(c1ccc(NC(=O)COc2nn(C)c3nc(C)cc(C)c23)cc1)C(C)C. The molecular weight excluding hydrogens is 366 g/mol. The molecule has 29 heavy (non-hydrogen) atoms. The minimum Gasteiger partial charge on any atom is -0.466 e. The van der Waals surface area contributed by atoms with E-state index in [9.17, 15) is 4.79 Å². The molecule has 0 aliphatic rings. The second-order valence-corrected chi connectivity index (χ2v) is 7.47. The molecule has 0 saturated heterocycles. The molecule has 1 amide bonds. The predicted molar refractivity (Wildman–Crippen MR) is 117 cm³/mol. The highest BCUT2D eigenvalue weighted by atomic mass is 16.5. The van der Waals surface area contributed by atoms with Gasteiger partial charge in [-0.1, -0.05) is 0 Å². The maximum Gasteiger partial charge on any atom is 0.262 e. The number of anilines is 2. The number of hydrogen-bond donors (Lipinski definition) is 1. The molecule has 0 bridgehead atoms. The van der Waals surface area contributed by atoms with E-state index in [1.54, 1.807) is 4.68 Å². The van der Waals surface area contributed by atoms with E-state index < -0.39 is 0 Å². The number of aryl methyl sites for hydroxylation is 3. The van der Waals surface area contributed by atoms with Gasteiger partial charge in [-0.05, 0) is 70.5 Å². The largest absolute Gasteiger partial charge is 0.466 e. The van der Waals surface area contributed by atoms with Crippen LogP contribution in [0, 0.1) is 13.8 Å². The van der Waals surface area contributed by atoms with Crippen molar-refractivity contribution < 1.29 is 9.53 Å². The zero-order chi connectivity index (χ0) is 21.1. The fraction of sp³-hybridized carbons (Fsp3) is 0.409. The van der Waals surface area contributed by atoms with Crippen molar-refractivity contribution in [2.75, 3.05) is 23.4 Å². The van der Waals surface area contributed by atoms with Gasteiger partial charge in [0.25, 0.3) is 5.91 Å². The van der Waals surface area contributed by atoms with Gasteiger partial charge in [0.15, 0.2) is 12.3 Å². The number of nitrogens with zero attached hydrogens (tertiary/aromatic N) is 4. The fourth-order valence-electron chi connectivity index (χ4n) is 3.56. The summed E-state index contributed by atoms with van der Waals surface area (Å²) in [6.45, 7) is 11.2. The Morgan fingerprint density at radius 1 is 1.24 bits per heavy atom. The van der Waals surface area contributed by atoms with Crippen LogP contribution in [0.25, 0.3) is 11.0 Å². The summed E-state index contributed by atoms with van der Waals surface area (Å²) in [5.74, 6) is 0.194. The smallest absolute Gasteiger partial charge is 0.262 e. The molecule has 0 aliphatic carbocycles. The van der Waals surface area contributed by atoms with Gasteiger partial charge in [-0.25, -0.2) is 9.67 Å². The van der Waals surface area contributed by atoms with Crippen molar-refractivity contribution in [2.24, 2.45) is 7.05 Å². The lowest BCUT2D eigenvalue weighted by molar-refractivity contribution is -0.118. The first-order valence-electron chi connectivity index (χ1n) is 9.90. The number of carbonyl (C=O) groups is 1. The van der Waals surface area contributed by atoms with Gasteiger partial charge < -0.3 is 15.0 Å². The third-order valence-electron chi connectivity index (χ3n) is 4.87. The minimum absolute atomic E-state index is 0.117. The summed E-state index contributed by atoms with van der Waals surface area (Å²) in [5.41, 5.74) is 4.57. The number of aromatic nitrogens is 3. The number of hydrogen-bond acceptors (Lipinski definition) is 5. The van der Waals surface area contributed by atoms with E-state index in [0.717, 1.165) is 40.2 Å². The molecule has 0 aliphatic heterocycles. The van der Waals surface area contributed by atoms with Gasteiger partial charge in [0.05, 0.1) is 5.39 Å². The summed E-state index contributed by atoms with van der Waals surface area (Å²) < 4.78 is 7.39. The van der Waals surface area contributed by atoms with Crippen LogP contribution in [0.2, 0.25) is 0 Å². The standard InChI is InChI=1S/C22H29N5O2/c1-7-27(14(2)3)18-10-8-17(9-11-18)24-19(28)13-29-22-20-15(4)12-16(5)23-21(20)26(6)25-22/h8-12,14H,7,13H2,1-6H3,(H,24,28). The summed E-state index contributed by atoms with van der Waals surface area (Å²) >= 11 is 0. The second-order valence-electron chi connectivity index (χ2n) is 7.47. The summed E-state index contributed by atoms with van der Waals surface area (Å²) in [5, 5.41) is 8.08. The molecule has 1 N–H and O–H groups in total. The molecule has 0 unspecified atom stereocenters. The Kier molecular flexibility index (Phi) is 6.06. The molecule has 0 atom stereocenters. The molecule has 1 aromatic carbocycles. The van der Waals surface area contributed by atoms with Crippen LogP contribution in [0.4, 0.5) is 11.4 Å². The molecule has 0 spiro atoms. The average Bonchev–Trinajstić information content (AvgIpc) is 2.98. The summed E-state index contributed by atoms with van der Waals surface area (Å²) in [7, 11) is 1.82. The molecule has 3 rings (SSSR count). The van der Waals surface area contributed by atoms with E-state index in [-0.39, 0.29) is 12.5 Å². The van der Waals surface area contributed by atoms with Crippen LogP contribution < -0.4 is 15.0 Å². The Balaban J connectivity index is 1.66. The van der Waals surface area contributed by atoms with E-state index in [1.165, 1.54) is 0 Å². The first-order valence-corrected chi connectivity index (χ1v) is 9.90. The van der Waals surface area contributed by atoms with Crippen LogP contribution >= 0.6 is 0 Å². The average molecular weight is 396 g/mol. The third-order valence-corrected chi connectivity index (χ3v) is 4.87. The lowest BCUT2D eigenvalue weighted by Crippen LogP contribution is -2.30. The van der Waals surface area contributed by atoms with Crippen molar-refractivity contribution >= 4 is 28.3 Å². The molecular formula is C22H29N5O2. The zero-order valence-electron chi connectivity index (χ0n) is 18.0. The molecule has 154 valence electrons. The number of rotatable bonds is 7. The predicted octanol–water partition coefficient (Wildman–Crippen LogP) is 3.84. The quantitative estimate of drug-likeness (QED) is 0.658. The summed E-state index contributed by atoms with van der Waals surface area (Å²) in [6.07, 6.45) is 0. The fourth-order valence-corrected chi connectivity index (χ4v) is 3.56. The molecule has 7 heteroatoms. The highest BCUT2D eigenvalue weighted by Crippen LogP contribution is 2.27. The maximum absolute atomic E-state index is 12.4. The third kappa shape index (κ3) is 4.50. The number of pyridine rings is 1. The Hall–Kier alpha value is -3.09. The summed E-state index contributed by atoms with van der Waals surface area (Å²) in [6, 6.07) is 10.3. The molecule has 0 radical (unpaired) electrons. The number of ether oxygens (including phenoxy) is 1. The van der Waals surface area contributed by atoms with Crippen LogP contribution in [-0.2, 0) is 11.8 Å². The van der Waals surface area contributed by atoms with Crippen molar-refractivity contribution in [3.63, 3.8) is 0 Å². The van der Waals surface area contributed by atoms with Gasteiger partial charge in [0.1, 0.15) is 0 Å². The molecule has 2 heterocycles. The second kappa shape index (κ2) is 8.51. The molecule has 0 saturated carbocycles. The van der Waals surface area contributed by atoms with Crippen LogP contribution in [0.5, 0.6) is 5.88 Å². The van der Waals surface area contributed by atoms with E-state index >= 15 is 0 Å². The zero-order valence-corrected chi connectivity index (χ0v) is 18.0. The monoisotopic (exact) mass is 395 g/mol. The normalized spacial score (nSPS) is 11.1. The minimum atomic E-state index is -0.231. The Morgan fingerprint density at radius 3 is 2.55 bits per heavy atom. The van der Waals surface area contributed by atoms with Crippen molar-refractivity contribution in [1.82, 2.24) is 14.8 Å². The number of benzene rings is 1. The number of carbonyl (C=O) groups excluding carboxylic acids is 1. The van der Waals surface area contributed by atoms with Crippen molar-refractivity contribution in [1.29, 1.82) is 0 Å². The van der Waals surface area contributed by atoms with Gasteiger partial charge in [0, 0.05) is 36.7 Å². The first-order chi connectivity index (χ1) is 13.8. The summed E-state index contributed by atoms with van der Waals surface area (Å²) in [4.78, 5) is 19.2. The van der Waals surface area contributed by atoms with Crippen LogP contribution in [0.1, 0.15) is 32.0 Å². The first kappa shape index (κ1) is 20.6. The van der Waals surface area contributed by atoms with Gasteiger partial charge >= 0.3 is 0 Å². The van der Waals surface area contributed by atoms with Crippen molar-refractivity contribution in [3.8, 4) is 5.88 Å². The van der Waals surface area contributed by atoms with Crippen molar-refractivity contribution in [2.45, 2.75) is 40.7 Å². The van der Waals surface area contributed by atoms with E-state index in [1.807, 2.05) is 51.2 Å². The van der Waals surface area contributed by atoms with E-state index in [2.05, 4.69) is 41.1 Å². The lowest BCUT2D eigenvalue weighted by atomic mass is 10.2. The molecule has 0 fully saturated rings. The van der Waals surface area contributed by atoms with Gasteiger partial charge in [-0.3, -0.25) is 4.79 Å². The van der Waals surface area contributed by atoms with Gasteiger partial charge in [0.2, 0.25) is 5.88 Å². The topological polar surface area (TPSA) is 72.3 Å². The molecule has 3 aromatic rings. The van der Waals surface area contributed by atoms with E-state index in [0.29, 0.717) is 11.9 Å². The number of nitrogens with one attached hydrogen (secondary N) is 1. The van der Waals surface area contributed by atoms with Gasteiger partial charge in [-0.15, -0.1) is 5.10 Å². The number of fused-ring (bicyclic) bond motifs is 1. The lowest BCUT2D eigenvalue weighted by Gasteiger charge is -2.27. The highest BCUT2D eigenvalue weighted by molar-refractivity contribution is 5.92. The number of amides is 1. The Bertz CT molecular complexity index is 1010. The van der Waals surface area contributed by atoms with Crippen LogP contribution in [-0.4, -0.2) is 39.9 Å². The van der Waals surface area contributed by atoms with Gasteiger partial charge in [-0.2, -0.15) is 0 Å². The highest BCUT2D eigenvalue weighted by Gasteiger charge is 2.16. The maximum atomic E-state index is 12.4. The van der Waals surface area contributed by atoms with Crippen LogP contribution in [0.3, 0.4) is 0 Å². The van der Waals surface area contributed by atoms with Crippen molar-refractivity contribution in [3.05, 3.63) is 41.6 Å². The Morgan fingerprint density at radius 2 is 1.93 bits per heavy atom. The Labute approximate surface area is 171 Å².